The number of nitrogens with one attached hydrogen (secondary N) is 2. The Balaban J connectivity index is 1.81. The molecule has 1 fully saturated rings. The molecule has 0 aliphatic heterocycles. The third-order valence-electron chi connectivity index (χ3n) is 5.14. The van der Waals surface area contributed by atoms with E-state index in [-0.39, 0.29) is 17.9 Å². The third-order valence-corrected chi connectivity index (χ3v) is 5.14. The Morgan fingerprint density at radius 1 is 1.52 bits per heavy atom. The number of amides is 1. The first kappa shape index (κ1) is 17.6. The summed E-state index contributed by atoms with van der Waals surface area (Å²) in [5, 5.41) is 7.28. The largest absolute Gasteiger partial charge is 0.344 e. The van der Waals surface area contributed by atoms with Crippen molar-refractivity contribution < 1.29 is 9.18 Å². The monoisotopic (exact) mass is 347 g/mol. The van der Waals surface area contributed by atoms with Gasteiger partial charge in [-0.15, -0.1) is 0 Å². The average molecular weight is 347 g/mol. The van der Waals surface area contributed by atoms with E-state index in [1.807, 2.05) is 13.8 Å². The summed E-state index contributed by atoms with van der Waals surface area (Å²) in [5.74, 6) is 0.829. The first-order chi connectivity index (χ1) is 11.9. The van der Waals surface area contributed by atoms with Crippen LogP contribution in [-0.4, -0.2) is 31.3 Å². The lowest BCUT2D eigenvalue weighted by molar-refractivity contribution is 0.0784. The van der Waals surface area contributed by atoms with Gasteiger partial charge in [0, 0.05) is 12.7 Å². The SMILES string of the molecule is CCn1nccc1C(=O)NC(c1cnc(C)[nH]1)C1CCC(C)(F)CC1. The predicted octanol–water partition coefficient (Wildman–Crippen LogP) is 3.32. The van der Waals surface area contributed by atoms with Gasteiger partial charge in [0.2, 0.25) is 0 Å². The van der Waals surface area contributed by atoms with Gasteiger partial charge < -0.3 is 10.3 Å². The lowest BCUT2D eigenvalue weighted by Crippen LogP contribution is -2.38. The molecule has 1 saturated carbocycles. The quantitative estimate of drug-likeness (QED) is 0.871. The van der Waals surface area contributed by atoms with E-state index in [1.54, 1.807) is 30.1 Å². The fourth-order valence-corrected chi connectivity index (χ4v) is 3.62. The van der Waals surface area contributed by atoms with Gasteiger partial charge in [0.25, 0.3) is 5.91 Å². The Bertz CT molecular complexity index is 725. The Labute approximate surface area is 147 Å². The van der Waals surface area contributed by atoms with E-state index in [4.69, 9.17) is 0 Å². The van der Waals surface area contributed by atoms with Crippen LogP contribution in [-0.2, 0) is 6.54 Å². The van der Waals surface area contributed by atoms with Gasteiger partial charge in [0.15, 0.2) is 0 Å². The molecule has 0 saturated heterocycles. The minimum absolute atomic E-state index is 0.162. The number of hydrogen-bond donors (Lipinski definition) is 2. The Kier molecular flexibility index (Phi) is 4.92. The Morgan fingerprint density at radius 2 is 2.24 bits per heavy atom. The minimum atomic E-state index is -1.10. The number of hydrogen-bond acceptors (Lipinski definition) is 3. The summed E-state index contributed by atoms with van der Waals surface area (Å²) >= 11 is 0. The van der Waals surface area contributed by atoms with Crippen LogP contribution >= 0.6 is 0 Å². The van der Waals surface area contributed by atoms with Gasteiger partial charge in [-0.1, -0.05) is 0 Å². The maximum absolute atomic E-state index is 14.2. The van der Waals surface area contributed by atoms with Crippen molar-refractivity contribution in [2.24, 2.45) is 5.92 Å². The van der Waals surface area contributed by atoms with E-state index < -0.39 is 5.67 Å². The van der Waals surface area contributed by atoms with Crippen molar-refractivity contribution in [2.45, 2.75) is 64.7 Å². The number of nitrogens with zero attached hydrogens (tertiary/aromatic N) is 3. The smallest absolute Gasteiger partial charge is 0.270 e. The first-order valence-corrected chi connectivity index (χ1v) is 8.93. The van der Waals surface area contributed by atoms with Crippen molar-refractivity contribution in [1.29, 1.82) is 0 Å². The van der Waals surface area contributed by atoms with Crippen LogP contribution in [0.4, 0.5) is 4.39 Å². The molecule has 0 radical (unpaired) electrons. The molecule has 0 bridgehead atoms. The fraction of sp³-hybridized carbons (Fsp3) is 0.611. The summed E-state index contributed by atoms with van der Waals surface area (Å²) in [6, 6.07) is 1.51. The second-order valence-electron chi connectivity index (χ2n) is 7.16. The molecular formula is C18H26FN5O. The number of aromatic nitrogens is 4. The molecule has 0 aromatic carbocycles. The van der Waals surface area contributed by atoms with E-state index >= 15 is 0 Å². The molecule has 3 rings (SSSR count). The van der Waals surface area contributed by atoms with E-state index in [0.717, 1.165) is 24.4 Å². The minimum Gasteiger partial charge on any atom is -0.344 e. The molecule has 2 N–H and O–H groups in total. The highest BCUT2D eigenvalue weighted by Crippen LogP contribution is 2.40. The summed E-state index contributed by atoms with van der Waals surface area (Å²) < 4.78 is 15.9. The first-order valence-electron chi connectivity index (χ1n) is 8.93. The summed E-state index contributed by atoms with van der Waals surface area (Å²) in [5.41, 5.74) is 0.311. The molecule has 1 atom stereocenters. The molecule has 1 aliphatic carbocycles. The molecule has 1 aliphatic rings. The molecule has 2 heterocycles. The van der Waals surface area contributed by atoms with Crippen LogP contribution in [0.25, 0.3) is 0 Å². The number of carbonyl (C=O) groups excluding carboxylic acids is 1. The molecule has 25 heavy (non-hydrogen) atoms. The van der Waals surface area contributed by atoms with Crippen molar-refractivity contribution in [3.8, 4) is 0 Å². The van der Waals surface area contributed by atoms with Crippen LogP contribution < -0.4 is 5.32 Å². The van der Waals surface area contributed by atoms with E-state index in [0.29, 0.717) is 25.1 Å². The summed E-state index contributed by atoms with van der Waals surface area (Å²) in [4.78, 5) is 20.3. The second kappa shape index (κ2) is 6.98. The van der Waals surface area contributed by atoms with Crippen LogP contribution in [0.2, 0.25) is 0 Å². The summed E-state index contributed by atoms with van der Waals surface area (Å²) in [6.45, 7) is 6.13. The van der Waals surface area contributed by atoms with Gasteiger partial charge in [0.1, 0.15) is 17.2 Å². The zero-order valence-corrected chi connectivity index (χ0v) is 15.1. The number of rotatable bonds is 5. The molecule has 1 unspecified atom stereocenters. The maximum Gasteiger partial charge on any atom is 0.270 e. The van der Waals surface area contributed by atoms with Crippen LogP contribution in [0.15, 0.2) is 18.5 Å². The highest BCUT2D eigenvalue weighted by atomic mass is 19.1. The number of aryl methyl sites for hydroxylation is 2. The van der Waals surface area contributed by atoms with Crippen LogP contribution in [0.5, 0.6) is 0 Å². The third kappa shape index (κ3) is 3.91. The number of carbonyl (C=O) groups is 1. The van der Waals surface area contributed by atoms with Crippen molar-refractivity contribution in [1.82, 2.24) is 25.1 Å². The Hall–Kier alpha value is -2.18. The van der Waals surface area contributed by atoms with Gasteiger partial charge in [0.05, 0.1) is 17.9 Å². The van der Waals surface area contributed by atoms with Crippen molar-refractivity contribution >= 4 is 5.91 Å². The van der Waals surface area contributed by atoms with Gasteiger partial charge >= 0.3 is 0 Å². The van der Waals surface area contributed by atoms with Crippen molar-refractivity contribution in [3.05, 3.63) is 35.7 Å². The number of alkyl halides is 1. The highest BCUT2D eigenvalue weighted by Gasteiger charge is 2.36. The normalized spacial score (nSPS) is 24.9. The zero-order chi connectivity index (χ0) is 18.0. The number of aromatic amines is 1. The number of halogens is 1. The van der Waals surface area contributed by atoms with Gasteiger partial charge in [-0.2, -0.15) is 5.10 Å². The van der Waals surface area contributed by atoms with Gasteiger partial charge in [-0.3, -0.25) is 9.48 Å². The number of imidazole rings is 1. The van der Waals surface area contributed by atoms with Gasteiger partial charge in [-0.25, -0.2) is 9.37 Å². The molecule has 2 aromatic heterocycles. The van der Waals surface area contributed by atoms with Crippen molar-refractivity contribution in [3.63, 3.8) is 0 Å². The molecule has 6 nitrogen and oxygen atoms in total. The Morgan fingerprint density at radius 3 is 2.84 bits per heavy atom. The van der Waals surface area contributed by atoms with Crippen LogP contribution in [0.1, 0.15) is 67.6 Å². The van der Waals surface area contributed by atoms with Crippen molar-refractivity contribution in [2.75, 3.05) is 0 Å². The molecule has 136 valence electrons. The molecule has 1 amide bonds. The summed E-state index contributed by atoms with van der Waals surface area (Å²) in [7, 11) is 0. The fourth-order valence-electron chi connectivity index (χ4n) is 3.62. The highest BCUT2D eigenvalue weighted by molar-refractivity contribution is 5.92. The average Bonchev–Trinajstić information content (AvgIpc) is 3.21. The van der Waals surface area contributed by atoms with E-state index in [1.165, 1.54) is 0 Å². The number of H-pyrrole nitrogens is 1. The van der Waals surface area contributed by atoms with Crippen LogP contribution in [0, 0.1) is 12.8 Å². The lowest BCUT2D eigenvalue weighted by atomic mass is 9.77. The van der Waals surface area contributed by atoms with Gasteiger partial charge in [-0.05, 0) is 58.4 Å². The van der Waals surface area contributed by atoms with E-state index in [2.05, 4.69) is 20.4 Å². The molecule has 2 aromatic rings. The van der Waals surface area contributed by atoms with Crippen LogP contribution in [0.3, 0.4) is 0 Å². The maximum atomic E-state index is 14.2. The summed E-state index contributed by atoms with van der Waals surface area (Å²) in [6.07, 6.45) is 5.91. The lowest BCUT2D eigenvalue weighted by Gasteiger charge is -2.35. The molecular weight excluding hydrogens is 321 g/mol. The van der Waals surface area contributed by atoms with E-state index in [9.17, 15) is 9.18 Å². The topological polar surface area (TPSA) is 75.6 Å². The second-order valence-corrected chi connectivity index (χ2v) is 7.16. The predicted molar refractivity (Wildman–Crippen MR) is 92.9 cm³/mol. The standard InChI is InChI=1S/C18H26FN5O/c1-4-24-15(7-10-21-24)17(25)23-16(14-11-20-12(2)22-14)13-5-8-18(3,19)9-6-13/h7,10-11,13,16H,4-6,8-9H2,1-3H3,(H,20,22)(H,23,25). The zero-order valence-electron chi connectivity index (χ0n) is 15.1. The molecule has 7 heteroatoms. The molecule has 0 spiro atoms.